The smallest absolute Gasteiger partial charge is 0.247 e. The first kappa shape index (κ1) is 19.4. The monoisotopic (exact) mass is 367 g/mol. The maximum absolute atomic E-state index is 11.3. The van der Waals surface area contributed by atoms with Gasteiger partial charge >= 0.3 is 0 Å². The van der Waals surface area contributed by atoms with Gasteiger partial charge in [-0.25, -0.2) is 0 Å². The summed E-state index contributed by atoms with van der Waals surface area (Å²) in [6.45, 7) is 6.33. The summed E-state index contributed by atoms with van der Waals surface area (Å²) in [6, 6.07) is 9.70. The van der Waals surface area contributed by atoms with E-state index in [9.17, 15) is 9.90 Å². The predicted octanol–water partition coefficient (Wildman–Crippen LogP) is 3.17. The average Bonchev–Trinajstić information content (AvgIpc) is 2.87. The number of hydrogen-bond donors (Lipinski definition) is 2. The maximum Gasteiger partial charge on any atom is 0.247 e. The number of rotatable bonds is 3. The summed E-state index contributed by atoms with van der Waals surface area (Å²) in [5.74, 6) is 0. The summed E-state index contributed by atoms with van der Waals surface area (Å²) in [5, 5.41) is 12.4. The Labute approximate surface area is 160 Å². The third-order valence-corrected chi connectivity index (χ3v) is 5.47. The first-order valence-corrected chi connectivity index (χ1v) is 9.06. The molecule has 3 aromatic rings. The molecule has 0 fully saturated rings. The van der Waals surface area contributed by atoms with Crippen molar-refractivity contribution < 1.29 is 5.11 Å². The van der Waals surface area contributed by atoms with Gasteiger partial charge in [0.1, 0.15) is 5.60 Å². The number of H-pyrrole nitrogens is 1. The standard InChI is InChI=1S/C21H25N3O2.CH4/c1-14-4-6-18-16(10-14)17-12-23(3)9-8-19(17)24(18)13-21(2,26)15-5-7-20(25)22-11-15;/h4-7,10-11,26H,8-9,12-13H2,1-3H3,(H,22,25);1H4. The lowest BCUT2D eigenvalue weighted by Gasteiger charge is -2.28. The fourth-order valence-corrected chi connectivity index (χ4v) is 4.02. The van der Waals surface area contributed by atoms with Crippen LogP contribution in [0, 0.1) is 6.92 Å². The molecular formula is C22H29N3O2. The van der Waals surface area contributed by atoms with Crippen LogP contribution in [0.1, 0.15) is 36.7 Å². The molecule has 144 valence electrons. The van der Waals surface area contributed by atoms with E-state index in [4.69, 9.17) is 0 Å². The zero-order valence-corrected chi connectivity index (χ0v) is 15.5. The van der Waals surface area contributed by atoms with Gasteiger partial charge in [0.05, 0.1) is 6.54 Å². The molecule has 27 heavy (non-hydrogen) atoms. The van der Waals surface area contributed by atoms with Crippen LogP contribution in [0.4, 0.5) is 0 Å². The molecule has 0 aliphatic carbocycles. The second kappa shape index (κ2) is 6.98. The lowest BCUT2D eigenvalue weighted by Crippen LogP contribution is -2.32. The molecule has 0 saturated carbocycles. The fraction of sp³-hybridized carbons (Fsp3) is 0.409. The Kier molecular flexibility index (Phi) is 5.02. The molecule has 5 heteroatoms. The third kappa shape index (κ3) is 3.45. The molecular weight excluding hydrogens is 338 g/mol. The minimum Gasteiger partial charge on any atom is -0.384 e. The molecule has 1 aliphatic heterocycles. The molecule has 1 unspecified atom stereocenters. The van der Waals surface area contributed by atoms with Crippen molar-refractivity contribution in [3.63, 3.8) is 0 Å². The van der Waals surface area contributed by atoms with E-state index >= 15 is 0 Å². The summed E-state index contributed by atoms with van der Waals surface area (Å²) in [5.41, 5.74) is 4.58. The van der Waals surface area contributed by atoms with Crippen LogP contribution in [-0.4, -0.2) is 33.1 Å². The second-order valence-corrected chi connectivity index (χ2v) is 7.74. The summed E-state index contributed by atoms with van der Waals surface area (Å²) < 4.78 is 2.27. The molecule has 4 rings (SSSR count). The number of aryl methyl sites for hydroxylation is 1. The van der Waals surface area contributed by atoms with Crippen molar-refractivity contribution in [1.29, 1.82) is 0 Å². The molecule has 0 saturated heterocycles. The third-order valence-electron chi connectivity index (χ3n) is 5.47. The molecule has 0 spiro atoms. The van der Waals surface area contributed by atoms with E-state index in [1.54, 1.807) is 12.3 Å². The summed E-state index contributed by atoms with van der Waals surface area (Å²) in [7, 11) is 2.15. The largest absolute Gasteiger partial charge is 0.384 e. The molecule has 5 nitrogen and oxygen atoms in total. The Morgan fingerprint density at radius 2 is 2.04 bits per heavy atom. The van der Waals surface area contributed by atoms with E-state index < -0.39 is 5.60 Å². The van der Waals surface area contributed by atoms with Crippen molar-refractivity contribution in [1.82, 2.24) is 14.5 Å². The number of nitrogens with one attached hydrogen (secondary N) is 1. The number of benzene rings is 1. The van der Waals surface area contributed by atoms with Crippen LogP contribution in [0.15, 0.2) is 41.3 Å². The number of likely N-dealkylation sites (N-methyl/N-ethyl adjacent to an activating group) is 1. The van der Waals surface area contributed by atoms with Crippen molar-refractivity contribution >= 4 is 10.9 Å². The lowest BCUT2D eigenvalue weighted by atomic mass is 9.97. The number of aliphatic hydroxyl groups is 1. The van der Waals surface area contributed by atoms with Crippen LogP contribution in [-0.2, 0) is 25.1 Å². The number of hydrogen-bond acceptors (Lipinski definition) is 3. The quantitative estimate of drug-likeness (QED) is 0.747. The van der Waals surface area contributed by atoms with Crippen LogP contribution in [0.25, 0.3) is 10.9 Å². The molecule has 1 aromatic carbocycles. The number of aromatic amines is 1. The van der Waals surface area contributed by atoms with Crippen molar-refractivity contribution in [2.45, 2.75) is 46.4 Å². The fourth-order valence-electron chi connectivity index (χ4n) is 4.02. The highest BCUT2D eigenvalue weighted by atomic mass is 16.3. The summed E-state index contributed by atoms with van der Waals surface area (Å²) >= 11 is 0. The minimum atomic E-state index is -1.07. The number of nitrogens with zero attached hydrogens (tertiary/aromatic N) is 2. The molecule has 3 heterocycles. The minimum absolute atomic E-state index is 0. The normalized spacial score (nSPS) is 16.6. The Morgan fingerprint density at radius 3 is 2.74 bits per heavy atom. The van der Waals surface area contributed by atoms with Crippen molar-refractivity contribution in [3.05, 3.63) is 69.3 Å². The molecule has 2 aromatic heterocycles. The molecule has 0 amide bonds. The number of fused-ring (bicyclic) bond motifs is 3. The molecule has 1 atom stereocenters. The van der Waals surface area contributed by atoms with Crippen molar-refractivity contribution in [2.24, 2.45) is 0 Å². The first-order valence-electron chi connectivity index (χ1n) is 9.06. The van der Waals surface area contributed by atoms with Gasteiger partial charge in [-0.1, -0.05) is 19.1 Å². The topological polar surface area (TPSA) is 61.3 Å². The molecule has 0 radical (unpaired) electrons. The van der Waals surface area contributed by atoms with Gasteiger partial charge in [-0.15, -0.1) is 0 Å². The number of aromatic nitrogens is 2. The Hall–Kier alpha value is -2.37. The molecule has 1 aliphatic rings. The molecule has 2 N–H and O–H groups in total. The van der Waals surface area contributed by atoms with E-state index in [0.717, 1.165) is 19.5 Å². The van der Waals surface area contributed by atoms with E-state index in [0.29, 0.717) is 12.1 Å². The Morgan fingerprint density at radius 1 is 1.26 bits per heavy atom. The first-order chi connectivity index (χ1) is 12.3. The number of pyridine rings is 1. The van der Waals surface area contributed by atoms with Crippen LogP contribution in [0.3, 0.4) is 0 Å². The Bertz CT molecular complexity index is 1010. The van der Waals surface area contributed by atoms with Gasteiger partial charge < -0.3 is 19.6 Å². The van der Waals surface area contributed by atoms with Gasteiger partial charge in [0.15, 0.2) is 0 Å². The zero-order chi connectivity index (χ0) is 18.5. The van der Waals surface area contributed by atoms with Crippen LogP contribution in [0.2, 0.25) is 0 Å². The SMILES string of the molecule is C.Cc1ccc2c(c1)c1c(n2CC(C)(O)c2ccc(=O)[nH]c2)CCN(C)C1. The van der Waals surface area contributed by atoms with Gasteiger partial charge in [-0.3, -0.25) is 4.79 Å². The van der Waals surface area contributed by atoms with Gasteiger partial charge in [0, 0.05) is 53.9 Å². The summed E-state index contributed by atoms with van der Waals surface area (Å²) in [6.07, 6.45) is 2.58. The molecule has 0 bridgehead atoms. The van der Waals surface area contributed by atoms with Crippen LogP contribution in [0.5, 0.6) is 0 Å². The predicted molar refractivity (Wildman–Crippen MR) is 110 cm³/mol. The van der Waals surface area contributed by atoms with Crippen LogP contribution < -0.4 is 5.56 Å². The summed E-state index contributed by atoms with van der Waals surface area (Å²) in [4.78, 5) is 16.4. The van der Waals surface area contributed by atoms with Gasteiger partial charge in [-0.05, 0) is 44.7 Å². The van der Waals surface area contributed by atoms with Crippen LogP contribution >= 0.6 is 0 Å². The lowest BCUT2D eigenvalue weighted by molar-refractivity contribution is 0.0381. The van der Waals surface area contributed by atoms with E-state index in [2.05, 4.69) is 46.6 Å². The van der Waals surface area contributed by atoms with Gasteiger partial charge in [0.25, 0.3) is 0 Å². The average molecular weight is 367 g/mol. The van der Waals surface area contributed by atoms with Crippen molar-refractivity contribution in [2.75, 3.05) is 13.6 Å². The van der Waals surface area contributed by atoms with Gasteiger partial charge in [-0.2, -0.15) is 0 Å². The van der Waals surface area contributed by atoms with E-state index in [-0.39, 0.29) is 13.0 Å². The van der Waals surface area contributed by atoms with Crippen molar-refractivity contribution in [3.8, 4) is 0 Å². The zero-order valence-electron chi connectivity index (χ0n) is 15.5. The van der Waals surface area contributed by atoms with E-state index in [1.165, 1.54) is 33.8 Å². The Balaban J connectivity index is 0.00000210. The highest BCUT2D eigenvalue weighted by Crippen LogP contribution is 2.34. The second-order valence-electron chi connectivity index (χ2n) is 7.74. The van der Waals surface area contributed by atoms with E-state index in [1.807, 2.05) is 6.92 Å². The highest BCUT2D eigenvalue weighted by molar-refractivity contribution is 5.86. The highest BCUT2D eigenvalue weighted by Gasteiger charge is 2.29. The maximum atomic E-state index is 11.3. The van der Waals surface area contributed by atoms with Gasteiger partial charge in [0.2, 0.25) is 5.56 Å².